The fraction of sp³-hybridized carbons (Fsp3) is 0.214. The molecule has 3 rings (SSSR count). The number of hydrogen-bond donors (Lipinski definition) is 0. The second-order valence-electron chi connectivity index (χ2n) is 8.21. The van der Waals surface area contributed by atoms with Gasteiger partial charge in [0.05, 0.1) is 23.0 Å². The highest BCUT2D eigenvalue weighted by Crippen LogP contribution is 2.36. The summed E-state index contributed by atoms with van der Waals surface area (Å²) in [6.45, 7) is 7.68. The second kappa shape index (κ2) is 11.9. The number of sulfone groups is 2. The van der Waals surface area contributed by atoms with Gasteiger partial charge in [0.2, 0.25) is 0 Å². The van der Waals surface area contributed by atoms with Crippen molar-refractivity contribution in [2.24, 2.45) is 0 Å². The van der Waals surface area contributed by atoms with Crippen LogP contribution in [0.25, 0.3) is 11.1 Å². The van der Waals surface area contributed by atoms with Gasteiger partial charge in [-0.15, -0.1) is 0 Å². The standard InChI is InChI=1S/C28H30O6S2/c1-5-27(23-8-7-9-24(20-23)34-19-18-33-6-2)28(21-10-14-25(15-11-21)35(3,29)30)22-12-16-26(17-13-22)36(4,31)32/h6-17,20H,2,5,18-19H2,1,3-4H3. The smallest absolute Gasteiger partial charge is 0.175 e. The molecule has 0 aliphatic heterocycles. The molecule has 0 saturated carbocycles. The molecule has 0 aromatic heterocycles. The third-order valence-electron chi connectivity index (χ3n) is 5.57. The van der Waals surface area contributed by atoms with Crippen LogP contribution in [0.15, 0.2) is 82.6 Å². The van der Waals surface area contributed by atoms with E-state index >= 15 is 0 Å². The molecule has 3 aromatic carbocycles. The maximum Gasteiger partial charge on any atom is 0.175 e. The summed E-state index contributed by atoms with van der Waals surface area (Å²) in [5.74, 6) is 0.685. The summed E-state index contributed by atoms with van der Waals surface area (Å²) in [5.41, 5.74) is 4.45. The number of ether oxygens (including phenoxy) is 2. The first-order valence-corrected chi connectivity index (χ1v) is 15.1. The first-order chi connectivity index (χ1) is 17.0. The van der Waals surface area contributed by atoms with Gasteiger partial charge in [-0.3, -0.25) is 0 Å². The molecule has 0 aliphatic carbocycles. The molecular weight excluding hydrogens is 496 g/mol. The van der Waals surface area contributed by atoms with Crippen LogP contribution < -0.4 is 4.74 Å². The summed E-state index contributed by atoms with van der Waals surface area (Å²) in [4.78, 5) is 0.460. The molecule has 0 spiro atoms. The third-order valence-corrected chi connectivity index (χ3v) is 7.82. The minimum Gasteiger partial charge on any atom is -0.491 e. The van der Waals surface area contributed by atoms with Crippen LogP contribution in [0.2, 0.25) is 0 Å². The van der Waals surface area contributed by atoms with Crippen LogP contribution in [0, 0.1) is 13.5 Å². The van der Waals surface area contributed by atoms with Gasteiger partial charge in [0, 0.05) is 12.5 Å². The van der Waals surface area contributed by atoms with Crippen LogP contribution in [-0.2, 0) is 24.4 Å². The Morgan fingerprint density at radius 2 is 1.31 bits per heavy atom. The predicted octanol–water partition coefficient (Wildman–Crippen LogP) is 5.25. The van der Waals surface area contributed by atoms with Crippen molar-refractivity contribution >= 4 is 30.8 Å². The van der Waals surface area contributed by atoms with E-state index in [2.05, 4.69) is 6.92 Å². The molecule has 8 heteroatoms. The van der Waals surface area contributed by atoms with Gasteiger partial charge in [-0.05, 0) is 77.6 Å². The minimum atomic E-state index is -3.34. The maximum atomic E-state index is 12.0. The van der Waals surface area contributed by atoms with Crippen LogP contribution in [0.3, 0.4) is 0 Å². The van der Waals surface area contributed by atoms with E-state index in [1.165, 1.54) is 19.1 Å². The van der Waals surface area contributed by atoms with E-state index in [1.807, 2.05) is 31.2 Å². The van der Waals surface area contributed by atoms with E-state index in [-0.39, 0.29) is 9.79 Å². The normalized spacial score (nSPS) is 11.8. The van der Waals surface area contributed by atoms with Crippen molar-refractivity contribution in [2.75, 3.05) is 25.7 Å². The van der Waals surface area contributed by atoms with E-state index < -0.39 is 19.7 Å². The summed E-state index contributed by atoms with van der Waals surface area (Å²) < 4.78 is 58.9. The van der Waals surface area contributed by atoms with Gasteiger partial charge in [0.25, 0.3) is 0 Å². The van der Waals surface area contributed by atoms with Crippen molar-refractivity contribution in [1.82, 2.24) is 0 Å². The largest absolute Gasteiger partial charge is 0.491 e. The monoisotopic (exact) mass is 526 g/mol. The van der Waals surface area contributed by atoms with Gasteiger partial charge in [0.1, 0.15) is 12.4 Å². The first-order valence-electron chi connectivity index (χ1n) is 11.3. The number of hydrogen-bond acceptors (Lipinski definition) is 6. The summed E-state index contributed by atoms with van der Waals surface area (Å²) in [6, 6.07) is 21.2. The van der Waals surface area contributed by atoms with E-state index in [1.54, 1.807) is 48.5 Å². The Morgan fingerprint density at radius 3 is 1.75 bits per heavy atom. The van der Waals surface area contributed by atoms with Crippen LogP contribution in [-0.4, -0.2) is 42.6 Å². The second-order valence-corrected chi connectivity index (χ2v) is 12.2. The molecule has 36 heavy (non-hydrogen) atoms. The molecule has 2 radical (unpaired) electrons. The predicted molar refractivity (Wildman–Crippen MR) is 143 cm³/mol. The summed E-state index contributed by atoms with van der Waals surface area (Å²) in [7, 11) is -6.69. The third kappa shape index (κ3) is 7.06. The Hall–Kier alpha value is -2.94. The highest BCUT2D eigenvalue weighted by Gasteiger charge is 2.16. The number of rotatable bonds is 11. The molecule has 0 unspecified atom stereocenters. The molecular formula is C28H30O6S2. The van der Waals surface area contributed by atoms with Crippen molar-refractivity contribution in [2.45, 2.75) is 23.1 Å². The Labute approximate surface area is 214 Å². The molecule has 6 nitrogen and oxygen atoms in total. The van der Waals surface area contributed by atoms with Crippen molar-refractivity contribution < 1.29 is 26.3 Å². The van der Waals surface area contributed by atoms with Crippen molar-refractivity contribution in [3.63, 3.8) is 0 Å². The van der Waals surface area contributed by atoms with Gasteiger partial charge in [-0.1, -0.05) is 43.3 Å². The number of benzene rings is 3. The fourth-order valence-electron chi connectivity index (χ4n) is 3.84. The Balaban J connectivity index is 2.16. The highest BCUT2D eigenvalue weighted by atomic mass is 32.2. The van der Waals surface area contributed by atoms with Gasteiger partial charge in [-0.2, -0.15) is 0 Å². The van der Waals surface area contributed by atoms with E-state index in [9.17, 15) is 16.8 Å². The average Bonchev–Trinajstić information content (AvgIpc) is 2.84. The molecule has 190 valence electrons. The molecule has 0 aliphatic rings. The summed E-state index contributed by atoms with van der Waals surface area (Å²) >= 11 is 0. The van der Waals surface area contributed by atoms with Crippen LogP contribution >= 0.6 is 0 Å². The van der Waals surface area contributed by atoms with Crippen molar-refractivity contribution in [1.29, 1.82) is 0 Å². The lowest BCUT2D eigenvalue weighted by molar-refractivity contribution is 0.157. The summed E-state index contributed by atoms with van der Waals surface area (Å²) in [6.07, 6.45) is 3.01. The molecule has 0 bridgehead atoms. The molecule has 0 saturated heterocycles. The molecule has 3 aromatic rings. The zero-order chi connectivity index (χ0) is 26.3. The molecule has 0 heterocycles. The maximum absolute atomic E-state index is 12.0. The van der Waals surface area contributed by atoms with E-state index in [0.717, 1.165) is 27.8 Å². The van der Waals surface area contributed by atoms with Gasteiger partial charge < -0.3 is 9.47 Å². The fourth-order valence-corrected chi connectivity index (χ4v) is 5.10. The van der Waals surface area contributed by atoms with Crippen LogP contribution in [0.4, 0.5) is 0 Å². The lowest BCUT2D eigenvalue weighted by atomic mass is 9.88. The molecule has 0 atom stereocenters. The van der Waals surface area contributed by atoms with Crippen LogP contribution in [0.1, 0.15) is 30.0 Å². The lowest BCUT2D eigenvalue weighted by Crippen LogP contribution is -2.05. The molecule has 0 amide bonds. The molecule has 0 N–H and O–H groups in total. The zero-order valence-electron chi connectivity index (χ0n) is 20.6. The number of allylic oxidation sites excluding steroid dienone is 1. The quantitative estimate of drug-likeness (QED) is 0.250. The Morgan fingerprint density at radius 1 is 0.778 bits per heavy atom. The topological polar surface area (TPSA) is 86.7 Å². The van der Waals surface area contributed by atoms with Gasteiger partial charge in [-0.25, -0.2) is 16.8 Å². The van der Waals surface area contributed by atoms with E-state index in [0.29, 0.717) is 25.4 Å². The van der Waals surface area contributed by atoms with E-state index in [4.69, 9.17) is 9.47 Å². The Kier molecular flexibility index (Phi) is 9.11. The van der Waals surface area contributed by atoms with Crippen LogP contribution in [0.5, 0.6) is 5.75 Å². The highest BCUT2D eigenvalue weighted by molar-refractivity contribution is 7.91. The summed E-state index contributed by atoms with van der Waals surface area (Å²) in [5, 5.41) is 0. The molecule has 0 fully saturated rings. The van der Waals surface area contributed by atoms with Crippen molar-refractivity contribution in [3.05, 3.63) is 103 Å². The zero-order valence-corrected chi connectivity index (χ0v) is 22.2. The van der Waals surface area contributed by atoms with Gasteiger partial charge >= 0.3 is 0 Å². The Bertz CT molecular complexity index is 1340. The average molecular weight is 527 g/mol. The minimum absolute atomic E-state index is 0.230. The SMILES string of the molecule is [CH2][CH]OCCOc1cccc(C(CC)=C(c2ccc(S(C)(=O)=O)cc2)c2ccc(S(C)(=O)=O)cc2)c1. The van der Waals surface area contributed by atoms with Crippen molar-refractivity contribution in [3.8, 4) is 5.75 Å². The lowest BCUT2D eigenvalue weighted by Gasteiger charge is -2.18. The van der Waals surface area contributed by atoms with Gasteiger partial charge in [0.15, 0.2) is 19.7 Å². The first kappa shape index (κ1) is 27.6.